The fourth-order valence-corrected chi connectivity index (χ4v) is 2.22. The molecule has 0 unspecified atom stereocenters. The molecule has 98 valence electrons. The summed E-state index contributed by atoms with van der Waals surface area (Å²) in [6.45, 7) is 5.93. The summed E-state index contributed by atoms with van der Waals surface area (Å²) in [5.74, 6) is 0.0109. The average molecular weight is 247 g/mol. The highest BCUT2D eigenvalue weighted by Gasteiger charge is 2.18. The van der Waals surface area contributed by atoms with Gasteiger partial charge in [-0.25, -0.2) is 0 Å². The monoisotopic (exact) mass is 247 g/mol. The lowest BCUT2D eigenvalue weighted by Crippen LogP contribution is -2.35. The van der Waals surface area contributed by atoms with Crippen molar-refractivity contribution in [3.63, 3.8) is 0 Å². The van der Waals surface area contributed by atoms with E-state index in [9.17, 15) is 4.79 Å². The molecule has 1 aromatic carbocycles. The van der Waals surface area contributed by atoms with E-state index in [1.165, 1.54) is 0 Å². The first-order chi connectivity index (χ1) is 8.76. The van der Waals surface area contributed by atoms with Crippen molar-refractivity contribution >= 4 is 17.3 Å². The number of anilines is 2. The van der Waals surface area contributed by atoms with Crippen LogP contribution in [0.2, 0.25) is 0 Å². The molecule has 0 fully saturated rings. The minimum atomic E-state index is 0.0109. The molecule has 1 aromatic rings. The van der Waals surface area contributed by atoms with Gasteiger partial charge in [0.05, 0.1) is 16.9 Å². The zero-order chi connectivity index (χ0) is 13.0. The van der Waals surface area contributed by atoms with Crippen molar-refractivity contribution in [1.29, 1.82) is 0 Å². The fourth-order valence-electron chi connectivity index (χ4n) is 2.22. The van der Waals surface area contributed by atoms with E-state index in [-0.39, 0.29) is 11.9 Å². The molecule has 1 aliphatic rings. The molecular formula is C14H21N3O. The molecule has 1 aliphatic heterocycles. The van der Waals surface area contributed by atoms with Gasteiger partial charge in [-0.2, -0.15) is 0 Å². The first kappa shape index (κ1) is 12.7. The van der Waals surface area contributed by atoms with Crippen molar-refractivity contribution in [2.75, 3.05) is 23.7 Å². The van der Waals surface area contributed by atoms with E-state index in [1.807, 2.05) is 18.2 Å². The van der Waals surface area contributed by atoms with Crippen molar-refractivity contribution in [1.82, 2.24) is 5.32 Å². The maximum absolute atomic E-state index is 12.3. The van der Waals surface area contributed by atoms with Gasteiger partial charge in [0.1, 0.15) is 0 Å². The second-order valence-corrected chi connectivity index (χ2v) is 4.57. The van der Waals surface area contributed by atoms with E-state index >= 15 is 0 Å². The van der Waals surface area contributed by atoms with Gasteiger partial charge >= 0.3 is 0 Å². The summed E-state index contributed by atoms with van der Waals surface area (Å²) in [6, 6.07) is 6.04. The zero-order valence-electron chi connectivity index (χ0n) is 11.0. The SMILES string of the molecule is CCC(CC)NC(=O)c1cccc2c1NCCN2. The Kier molecular flexibility index (Phi) is 4.07. The molecule has 0 radical (unpaired) electrons. The Hall–Kier alpha value is -1.71. The Morgan fingerprint density at radius 3 is 2.72 bits per heavy atom. The molecular weight excluding hydrogens is 226 g/mol. The molecule has 0 atom stereocenters. The number of hydrogen-bond acceptors (Lipinski definition) is 3. The topological polar surface area (TPSA) is 53.2 Å². The van der Waals surface area contributed by atoms with Gasteiger partial charge in [0.25, 0.3) is 5.91 Å². The van der Waals surface area contributed by atoms with Gasteiger partial charge in [-0.1, -0.05) is 19.9 Å². The summed E-state index contributed by atoms with van der Waals surface area (Å²) in [7, 11) is 0. The summed E-state index contributed by atoms with van der Waals surface area (Å²) >= 11 is 0. The minimum absolute atomic E-state index is 0.0109. The lowest BCUT2D eigenvalue weighted by atomic mass is 10.1. The third-order valence-corrected chi connectivity index (χ3v) is 3.37. The van der Waals surface area contributed by atoms with E-state index in [1.54, 1.807) is 0 Å². The van der Waals surface area contributed by atoms with Crippen molar-refractivity contribution in [2.45, 2.75) is 32.7 Å². The van der Waals surface area contributed by atoms with Crippen LogP contribution in [0.3, 0.4) is 0 Å². The van der Waals surface area contributed by atoms with Crippen LogP contribution in [0.25, 0.3) is 0 Å². The minimum Gasteiger partial charge on any atom is -0.382 e. The first-order valence-corrected chi connectivity index (χ1v) is 6.67. The molecule has 0 spiro atoms. The molecule has 2 rings (SSSR count). The van der Waals surface area contributed by atoms with Gasteiger partial charge in [-0.15, -0.1) is 0 Å². The Balaban J connectivity index is 2.20. The molecule has 0 saturated heterocycles. The molecule has 0 aromatic heterocycles. The maximum atomic E-state index is 12.3. The quantitative estimate of drug-likeness (QED) is 0.766. The number of benzene rings is 1. The predicted molar refractivity (Wildman–Crippen MR) is 75.3 cm³/mol. The molecule has 1 amide bonds. The molecule has 4 heteroatoms. The van der Waals surface area contributed by atoms with E-state index in [0.717, 1.165) is 42.9 Å². The Labute approximate surface area is 108 Å². The van der Waals surface area contributed by atoms with Crippen molar-refractivity contribution in [2.24, 2.45) is 0 Å². The van der Waals surface area contributed by atoms with Crippen LogP contribution < -0.4 is 16.0 Å². The highest BCUT2D eigenvalue weighted by molar-refractivity contribution is 6.02. The summed E-state index contributed by atoms with van der Waals surface area (Å²) in [5.41, 5.74) is 2.66. The van der Waals surface area contributed by atoms with E-state index in [2.05, 4.69) is 29.8 Å². The largest absolute Gasteiger partial charge is 0.382 e. The summed E-state index contributed by atoms with van der Waals surface area (Å²) in [5, 5.41) is 9.67. The zero-order valence-corrected chi connectivity index (χ0v) is 11.0. The van der Waals surface area contributed by atoms with Crippen molar-refractivity contribution in [3.05, 3.63) is 23.8 Å². The lowest BCUT2D eigenvalue weighted by Gasteiger charge is -2.23. The van der Waals surface area contributed by atoms with Gasteiger partial charge in [-0.05, 0) is 25.0 Å². The number of fused-ring (bicyclic) bond motifs is 1. The fraction of sp³-hybridized carbons (Fsp3) is 0.500. The standard InChI is InChI=1S/C14H21N3O/c1-3-10(4-2)17-14(18)11-6-5-7-12-13(11)16-9-8-15-12/h5-7,10,15-16H,3-4,8-9H2,1-2H3,(H,17,18). The van der Waals surface area contributed by atoms with Crippen LogP contribution in [0.15, 0.2) is 18.2 Å². The smallest absolute Gasteiger partial charge is 0.253 e. The number of hydrogen-bond donors (Lipinski definition) is 3. The van der Waals surface area contributed by atoms with Crippen molar-refractivity contribution in [3.8, 4) is 0 Å². The number of nitrogens with one attached hydrogen (secondary N) is 3. The van der Waals surface area contributed by atoms with E-state index in [0.29, 0.717) is 0 Å². The lowest BCUT2D eigenvalue weighted by molar-refractivity contribution is 0.0935. The summed E-state index contributed by atoms with van der Waals surface area (Å²) in [6.07, 6.45) is 1.92. The molecule has 0 aliphatic carbocycles. The molecule has 0 saturated carbocycles. The number of amides is 1. The molecule has 1 heterocycles. The second kappa shape index (κ2) is 5.76. The third kappa shape index (κ3) is 2.58. The van der Waals surface area contributed by atoms with E-state index in [4.69, 9.17) is 0 Å². The van der Waals surface area contributed by atoms with Gasteiger partial charge in [0.15, 0.2) is 0 Å². The van der Waals surface area contributed by atoms with Crippen LogP contribution in [0.5, 0.6) is 0 Å². The highest BCUT2D eigenvalue weighted by atomic mass is 16.1. The van der Waals surface area contributed by atoms with Gasteiger partial charge < -0.3 is 16.0 Å². The molecule has 0 bridgehead atoms. The third-order valence-electron chi connectivity index (χ3n) is 3.37. The Morgan fingerprint density at radius 1 is 1.28 bits per heavy atom. The second-order valence-electron chi connectivity index (χ2n) is 4.57. The van der Waals surface area contributed by atoms with Gasteiger partial charge in [0, 0.05) is 19.1 Å². The molecule has 18 heavy (non-hydrogen) atoms. The average Bonchev–Trinajstić information content (AvgIpc) is 2.43. The maximum Gasteiger partial charge on any atom is 0.253 e. The Bertz CT molecular complexity index is 427. The Morgan fingerprint density at radius 2 is 2.00 bits per heavy atom. The number of rotatable bonds is 4. The van der Waals surface area contributed by atoms with E-state index < -0.39 is 0 Å². The number of carbonyl (C=O) groups excluding carboxylic acids is 1. The highest BCUT2D eigenvalue weighted by Crippen LogP contribution is 2.28. The van der Waals surface area contributed by atoms with Crippen LogP contribution in [0, 0.1) is 0 Å². The van der Waals surface area contributed by atoms with Crippen LogP contribution >= 0.6 is 0 Å². The van der Waals surface area contributed by atoms with Crippen LogP contribution in [0.1, 0.15) is 37.0 Å². The van der Waals surface area contributed by atoms with Crippen LogP contribution in [0.4, 0.5) is 11.4 Å². The number of carbonyl (C=O) groups is 1. The van der Waals surface area contributed by atoms with Crippen LogP contribution in [-0.4, -0.2) is 25.0 Å². The van der Waals surface area contributed by atoms with Crippen LogP contribution in [-0.2, 0) is 0 Å². The van der Waals surface area contributed by atoms with Gasteiger partial charge in [0.2, 0.25) is 0 Å². The number of para-hydroxylation sites is 1. The predicted octanol–water partition coefficient (Wildman–Crippen LogP) is 2.44. The van der Waals surface area contributed by atoms with Gasteiger partial charge in [-0.3, -0.25) is 4.79 Å². The molecule has 3 N–H and O–H groups in total. The summed E-state index contributed by atoms with van der Waals surface area (Å²) in [4.78, 5) is 12.3. The normalized spacial score (nSPS) is 13.5. The summed E-state index contributed by atoms with van der Waals surface area (Å²) < 4.78 is 0. The first-order valence-electron chi connectivity index (χ1n) is 6.67. The molecule has 4 nitrogen and oxygen atoms in total. The van der Waals surface area contributed by atoms with Crippen molar-refractivity contribution < 1.29 is 4.79 Å².